The average Bonchev–Trinajstić information content (AvgIpc) is 0.887. The van der Waals surface area contributed by atoms with E-state index in [-0.39, 0.29) is 72.8 Å². The molecule has 6 aromatic carbocycles. The van der Waals surface area contributed by atoms with Gasteiger partial charge in [-0.1, -0.05) is 72.8 Å². The van der Waals surface area contributed by atoms with Gasteiger partial charge in [-0.05, 0) is 174 Å². The van der Waals surface area contributed by atoms with Crippen LogP contribution in [-0.4, -0.2) is 90.8 Å². The summed E-state index contributed by atoms with van der Waals surface area (Å²) in [6, 6.07) is 54.5. The second kappa shape index (κ2) is 33.6. The van der Waals surface area contributed by atoms with Gasteiger partial charge in [0, 0.05) is 37.1 Å². The summed E-state index contributed by atoms with van der Waals surface area (Å²) in [5.74, 6) is -1.07. The lowest BCUT2D eigenvalue weighted by molar-refractivity contribution is -0.158. The molecule has 90 heavy (non-hydrogen) atoms. The summed E-state index contributed by atoms with van der Waals surface area (Å²) >= 11 is 0. The molecule has 0 aliphatic carbocycles. The Balaban J connectivity index is 0.000000288. The number of aryl methyl sites for hydroxylation is 4. The van der Waals surface area contributed by atoms with Crippen LogP contribution < -0.4 is 9.47 Å². The Kier molecular flexibility index (Phi) is 27.8. The lowest BCUT2D eigenvalue weighted by Gasteiger charge is -2.20. The molecule has 0 fully saturated rings. The van der Waals surface area contributed by atoms with Crippen molar-refractivity contribution in [2.45, 2.75) is 173 Å². The normalized spacial score (nSPS) is 12.9. The zero-order chi connectivity index (χ0) is 67.1. The minimum absolute atomic E-state index is 0.0475. The van der Waals surface area contributed by atoms with Crippen LogP contribution in [0.25, 0.3) is 0 Å². The number of azo groups is 1. The van der Waals surface area contributed by atoms with Gasteiger partial charge in [0.2, 0.25) is 0 Å². The molecular weight excluding hydrogens is 1210 g/mol. The Morgan fingerprint density at radius 1 is 0.500 bits per heavy atom. The molecule has 0 saturated heterocycles. The Labute approximate surface area is 533 Å². The number of halogens is 2. The number of rotatable bonds is 24. The first-order valence-corrected chi connectivity index (χ1v) is 32.5. The number of carbonyl (C=O) groups excluding carboxylic acids is 4. The summed E-state index contributed by atoms with van der Waals surface area (Å²) in [7, 11) is -6.43. The summed E-state index contributed by atoms with van der Waals surface area (Å²) in [5.41, 5.74) is -0.0987. The summed E-state index contributed by atoms with van der Waals surface area (Å²) in [5, 5.41) is 21.3. The number of ether oxygens (including phenoxy) is 6. The van der Waals surface area contributed by atoms with Crippen LogP contribution in [0.5, 0.6) is 11.5 Å². The van der Waals surface area contributed by atoms with E-state index in [0.29, 0.717) is 0 Å². The largest absolute Gasteiger partial charge is 0.743 e. The number of hydrogen-bond acceptors (Lipinski definition) is 17. The van der Waals surface area contributed by atoms with E-state index >= 15 is 0 Å². The summed E-state index contributed by atoms with van der Waals surface area (Å²) in [4.78, 5) is 54.6. The van der Waals surface area contributed by atoms with Crippen molar-refractivity contribution in [1.29, 1.82) is 10.5 Å². The molecule has 0 radical (unpaired) electrons. The van der Waals surface area contributed by atoms with Crippen LogP contribution in [-0.2, 0) is 70.0 Å². The molecule has 0 N–H and O–H groups in total. The van der Waals surface area contributed by atoms with E-state index < -0.39 is 62.6 Å². The van der Waals surface area contributed by atoms with E-state index in [9.17, 15) is 51.5 Å². The zero-order valence-electron chi connectivity index (χ0n) is 53.1. The minimum Gasteiger partial charge on any atom is -0.743 e. The van der Waals surface area contributed by atoms with Crippen molar-refractivity contribution in [2.24, 2.45) is 10.2 Å². The fourth-order valence-corrected chi connectivity index (χ4v) is 13.0. The maximum absolute atomic E-state index is 13.0. The highest BCUT2D eigenvalue weighted by Gasteiger charge is 2.40. The number of hydrogen-bond donors (Lipinski definition) is 0. The van der Waals surface area contributed by atoms with Crippen molar-refractivity contribution in [3.05, 3.63) is 168 Å². The maximum atomic E-state index is 13.0. The Morgan fingerprint density at radius 3 is 1.04 bits per heavy atom. The number of carbonyl (C=O) groups is 4. The number of alkyl halides is 2. The number of nitrogens with zero attached hydrogens (tertiary/aromatic N) is 4. The van der Waals surface area contributed by atoms with Crippen molar-refractivity contribution in [3.8, 4) is 23.6 Å². The monoisotopic (exact) mass is 1290 g/mol. The lowest BCUT2D eigenvalue weighted by atomic mass is 9.97. The van der Waals surface area contributed by atoms with Gasteiger partial charge in [0.05, 0.1) is 40.5 Å². The predicted octanol–water partition coefficient (Wildman–Crippen LogP) is 14.0. The second-order valence-electron chi connectivity index (χ2n) is 22.9. The van der Waals surface area contributed by atoms with Gasteiger partial charge in [-0.2, -0.15) is 29.5 Å². The topological polar surface area (TPSA) is 253 Å². The number of nitriles is 2. The summed E-state index contributed by atoms with van der Waals surface area (Å²) in [6.45, 7) is 21.5. The molecule has 0 spiro atoms. The molecule has 6 aromatic rings. The van der Waals surface area contributed by atoms with Gasteiger partial charge >= 0.3 is 29.1 Å². The van der Waals surface area contributed by atoms with Crippen LogP contribution >= 0.6 is 0 Å². The molecule has 0 saturated carbocycles. The van der Waals surface area contributed by atoms with Gasteiger partial charge in [0.1, 0.15) is 22.7 Å². The summed E-state index contributed by atoms with van der Waals surface area (Å²) in [6.07, 6.45) is -1.15. The average molecular weight is 1290 g/mol. The SMILES string of the molecule is CCOC(=O)CCC(C)(C#N)N=NC(C)(C#N)CCC(=O)OCC(F)(F)S(=O)(=O)[O-].Cc1cc([S+](c2ccccc2)c2ccccc2)cc(C)c1OCC(=O)OC(C)(C)C.Cc1cc([S+](c2ccccc2)c2ccccc2)cc(C)c1OCC(=O)OC(C)(C)C. The van der Waals surface area contributed by atoms with E-state index in [1.54, 1.807) is 13.0 Å². The first-order chi connectivity index (χ1) is 42.1. The highest BCUT2D eigenvalue weighted by atomic mass is 32.2. The van der Waals surface area contributed by atoms with Gasteiger partial charge in [0.25, 0.3) is 0 Å². The van der Waals surface area contributed by atoms with Crippen LogP contribution in [0.15, 0.2) is 185 Å². The molecule has 0 amide bonds. The molecule has 0 heterocycles. The van der Waals surface area contributed by atoms with Crippen molar-refractivity contribution in [2.75, 3.05) is 26.4 Å². The first-order valence-electron chi connectivity index (χ1n) is 28.6. The van der Waals surface area contributed by atoms with Gasteiger partial charge in [-0.25, -0.2) is 18.0 Å². The molecular formula is C68H79F2N4O13S3+. The zero-order valence-corrected chi connectivity index (χ0v) is 55.5. The molecule has 0 aliphatic heterocycles. The lowest BCUT2D eigenvalue weighted by Crippen LogP contribution is -2.35. The van der Waals surface area contributed by atoms with Gasteiger partial charge < -0.3 is 33.0 Å². The predicted molar refractivity (Wildman–Crippen MR) is 338 cm³/mol. The van der Waals surface area contributed by atoms with E-state index in [1.165, 1.54) is 43.2 Å². The standard InChI is InChI=1S/2C26H29O3S.C16H22F2N4O7S/c2*1-19-16-23(17-20(2)25(19)28-18-24(27)29-26(3,4)5)30(21-12-8-6-9-13-21)22-14-10-7-11-15-22;1-4-28-12(23)5-7-14(2,9-19)21-22-15(3,10-20)8-6-13(24)29-11-16(17,18)30(25,26)27/h2*6-17H,18H2,1-5H3;4-8,11H2,1-3H3,(H,25,26,27)/q2*+1;/p-1. The van der Waals surface area contributed by atoms with Gasteiger partial charge in [0.15, 0.2) is 70.4 Å². The van der Waals surface area contributed by atoms with E-state index in [1.807, 2.05) is 99.6 Å². The molecule has 0 bridgehead atoms. The Bertz CT molecular complexity index is 3300. The van der Waals surface area contributed by atoms with Crippen LogP contribution in [0.1, 0.15) is 110 Å². The maximum Gasteiger partial charge on any atom is 0.367 e. The van der Waals surface area contributed by atoms with Crippen molar-refractivity contribution >= 4 is 55.8 Å². The third-order valence-electron chi connectivity index (χ3n) is 12.4. The van der Waals surface area contributed by atoms with Gasteiger partial charge in [-0.3, -0.25) is 9.59 Å². The van der Waals surface area contributed by atoms with Crippen LogP contribution in [0, 0.1) is 50.4 Å². The smallest absolute Gasteiger partial charge is 0.367 e. The third-order valence-corrected chi connectivity index (χ3v) is 17.7. The highest BCUT2D eigenvalue weighted by molar-refractivity contribution is 7.97. The van der Waals surface area contributed by atoms with Gasteiger partial charge in [-0.15, -0.1) is 0 Å². The quantitative estimate of drug-likeness (QED) is 0.0179. The van der Waals surface area contributed by atoms with Crippen molar-refractivity contribution < 1.29 is 69.4 Å². The van der Waals surface area contributed by atoms with E-state index in [2.05, 4.69) is 136 Å². The van der Waals surface area contributed by atoms with Crippen LogP contribution in [0.2, 0.25) is 0 Å². The second-order valence-corrected chi connectivity index (χ2v) is 28.5. The molecule has 6 rings (SSSR count). The number of benzene rings is 6. The fraction of sp³-hybridized carbons (Fsp3) is 0.382. The van der Waals surface area contributed by atoms with Crippen LogP contribution in [0.3, 0.4) is 0 Å². The van der Waals surface area contributed by atoms with Crippen molar-refractivity contribution in [1.82, 2.24) is 0 Å². The summed E-state index contributed by atoms with van der Waals surface area (Å²) < 4.78 is 88.2. The van der Waals surface area contributed by atoms with Crippen LogP contribution in [0.4, 0.5) is 8.78 Å². The molecule has 0 aromatic heterocycles. The van der Waals surface area contributed by atoms with E-state index in [0.717, 1.165) is 33.8 Å². The van der Waals surface area contributed by atoms with Crippen molar-refractivity contribution in [3.63, 3.8) is 0 Å². The minimum atomic E-state index is -6.00. The number of esters is 4. The molecule has 480 valence electrons. The first kappa shape index (κ1) is 74.3. The third kappa shape index (κ3) is 24.3. The fourth-order valence-electron chi connectivity index (χ4n) is 8.27. The Morgan fingerprint density at radius 2 is 0.789 bits per heavy atom. The molecule has 2 atom stereocenters. The molecule has 2 unspecified atom stereocenters. The Hall–Kier alpha value is -8.15. The molecule has 0 aliphatic rings. The molecule has 22 heteroatoms. The highest BCUT2D eigenvalue weighted by Crippen LogP contribution is 2.38. The van der Waals surface area contributed by atoms with E-state index in [4.69, 9.17) is 23.7 Å². The molecule has 17 nitrogen and oxygen atoms in total.